The number of nitrogens with zero attached hydrogens (tertiary/aromatic N) is 6. The van der Waals surface area contributed by atoms with Crippen LogP contribution >= 0.6 is 46.2 Å². The fraction of sp³-hybridized carbons (Fsp3) is 0.689. The highest BCUT2D eigenvalue weighted by molar-refractivity contribution is 8.20. The number of thioether (sulfide) groups is 2. The van der Waals surface area contributed by atoms with Gasteiger partial charge in [-0.1, -0.05) is 119 Å². The van der Waals surface area contributed by atoms with Gasteiger partial charge in [0.1, 0.15) is 55.0 Å². The van der Waals surface area contributed by atoms with Crippen LogP contribution in [0.5, 0.6) is 11.5 Å². The molecule has 4 unspecified atom stereocenters. The summed E-state index contributed by atoms with van der Waals surface area (Å²) in [5.41, 5.74) is 1.92. The molecule has 5 heterocycles. The van der Waals surface area contributed by atoms with Gasteiger partial charge in [0.05, 0.1) is 103 Å². The molecule has 6 amide bonds. The number of carbonyl (C=O) groups is 14. The Balaban J connectivity index is 0.732. The number of aromatic nitrogens is 2. The van der Waals surface area contributed by atoms with Gasteiger partial charge in [0.2, 0.25) is 23.6 Å². The number of ketones is 4. The minimum absolute atomic E-state index is 0.00599. The highest BCUT2D eigenvalue weighted by atomic mass is 32.2. The number of rotatable bonds is 68. The molecule has 0 spiro atoms. The van der Waals surface area contributed by atoms with Crippen LogP contribution in [0.25, 0.3) is 0 Å². The molecule has 0 saturated carbocycles. The van der Waals surface area contributed by atoms with Crippen molar-refractivity contribution in [1.82, 2.24) is 50.8 Å². The average Bonchev–Trinajstić information content (AvgIpc) is 1.79. The third-order valence-corrected chi connectivity index (χ3v) is 31.8. The number of aromatic hydroxyl groups is 2. The molecule has 7 rings (SSSR count). The van der Waals surface area contributed by atoms with E-state index in [1.165, 1.54) is 74.1 Å². The Hall–Kier alpha value is -8.94. The van der Waals surface area contributed by atoms with Gasteiger partial charge in [-0.2, -0.15) is 0 Å². The van der Waals surface area contributed by atoms with Crippen LogP contribution in [0, 0.1) is 47.3 Å². The van der Waals surface area contributed by atoms with Crippen molar-refractivity contribution in [3.63, 3.8) is 0 Å². The van der Waals surface area contributed by atoms with E-state index in [2.05, 4.69) is 41.0 Å². The number of esters is 2. The molecular formula is C103H156N10O26S4. The lowest BCUT2D eigenvalue weighted by molar-refractivity contribution is -0.150. The maximum Gasteiger partial charge on any atom is 0.306 e. The maximum absolute atomic E-state index is 14.5. The summed E-state index contributed by atoms with van der Waals surface area (Å²) >= 11 is 4.97. The minimum atomic E-state index is -1.07. The van der Waals surface area contributed by atoms with Crippen LogP contribution in [0.3, 0.4) is 0 Å². The Bertz CT molecular complexity index is 4480. The number of hydrogen-bond donors (Lipinski definition) is 8. The molecule has 8 N–H and O–H groups in total. The number of nitrogens with one attached hydrogen (secondary N) is 4. The topological polar surface area (TPSA) is 481 Å². The summed E-state index contributed by atoms with van der Waals surface area (Å²) in [6, 6.07) is 6.59. The Morgan fingerprint density at radius 2 is 0.832 bits per heavy atom. The fourth-order valence-corrected chi connectivity index (χ4v) is 22.8. The highest BCUT2D eigenvalue weighted by Gasteiger charge is 2.43. The monoisotopic (exact) mass is 2080 g/mol. The van der Waals surface area contributed by atoms with E-state index in [1.54, 1.807) is 48.2 Å². The van der Waals surface area contributed by atoms with Crippen molar-refractivity contribution in [1.29, 1.82) is 0 Å². The van der Waals surface area contributed by atoms with Crippen LogP contribution in [0.2, 0.25) is 0 Å². The number of aliphatic carboxylic acids is 2. The van der Waals surface area contributed by atoms with E-state index in [-0.39, 0.29) is 275 Å². The highest BCUT2D eigenvalue weighted by Crippen LogP contribution is 2.39. The zero-order chi connectivity index (χ0) is 105. The lowest BCUT2D eigenvalue weighted by Crippen LogP contribution is -2.48. The number of likely N-dealkylation sites (tertiary alicyclic amines) is 2. The van der Waals surface area contributed by atoms with E-state index in [0.29, 0.717) is 50.2 Å². The maximum atomic E-state index is 14.5. The van der Waals surface area contributed by atoms with Crippen molar-refractivity contribution in [2.75, 3.05) is 139 Å². The van der Waals surface area contributed by atoms with Gasteiger partial charge < -0.3 is 89.4 Å². The number of Topliss-reactive ketones (excluding diaryl/α,β-unsaturated/α-hetero) is 4. The van der Waals surface area contributed by atoms with Crippen molar-refractivity contribution < 1.29 is 125 Å². The smallest absolute Gasteiger partial charge is 0.306 e. The molecule has 36 nitrogen and oxygen atoms in total. The van der Waals surface area contributed by atoms with Gasteiger partial charge in [0, 0.05) is 155 Å². The number of amides is 6. The standard InChI is InChI=1S/C103H156N10O26S4/c1-17-64(7)78(55-88(120)82-23-19-21-33-110(82)13)100(126)112(15)84(62(3)4)57-90(138-68(11)114)98-108-80(59-140-98)94(122)106-74(47-66(9)102(128)129)51-70-25-27-86(118)72(49-70)53-76(116)29-35-132-39-43-136-45-41-134-37-31-104-96(124)92-93(143-61-142-92)97(125)105-32-38-135-42-46-137-44-40-133-36-30-77(117)54-73-50-71(26-28-87(73)119)52-75(48-67(10)103(130)131)107-95(123)81-60-141-99(109-81)91(139-69(12)115)58-85(63(5)6)113(16)101(127)79(65(8)18-2)56-89(121)83-24-20-22-34-111(83)14/h25-28,49-50,59-60,62-67,74-75,78-79,82-85,90-93,118-119H,17-24,29-48,51-58,61H2,1-16H3,(H,104,124)(H,105,125)(H,106,122)(H,107,123)(H,128,129)(H,130,131)/t64-,65-,66?,67?,74+,75+,78-,79-,82+,83+,84+,85+,90+,91+,92?,93?/m0/s1. The van der Waals surface area contributed by atoms with E-state index < -0.39 is 106 Å². The van der Waals surface area contributed by atoms with Gasteiger partial charge in [-0.15, -0.1) is 46.2 Å². The van der Waals surface area contributed by atoms with Gasteiger partial charge in [-0.3, -0.25) is 76.9 Å². The lowest BCUT2D eigenvalue weighted by atomic mass is 9.83. The number of benzene rings is 2. The first-order valence-corrected chi connectivity index (χ1v) is 54.2. The van der Waals surface area contributed by atoms with Crippen molar-refractivity contribution >= 4 is 129 Å². The second-order valence-electron chi connectivity index (χ2n) is 38.7. The Kier molecular flexibility index (Phi) is 53.2. The lowest BCUT2D eigenvalue weighted by Gasteiger charge is -2.37. The van der Waals surface area contributed by atoms with Gasteiger partial charge in [0.25, 0.3) is 11.8 Å². The Labute approximate surface area is 858 Å². The molecule has 16 atom stereocenters. The van der Waals surface area contributed by atoms with E-state index in [1.807, 2.05) is 69.5 Å². The number of ether oxygens (including phenoxy) is 8. The van der Waals surface area contributed by atoms with Crippen molar-refractivity contribution in [2.45, 2.75) is 270 Å². The number of phenols is 2. The van der Waals surface area contributed by atoms with Crippen molar-refractivity contribution in [2.24, 2.45) is 47.3 Å². The first-order chi connectivity index (χ1) is 68.1. The molecule has 0 bridgehead atoms. The number of piperidine rings is 2. The zero-order valence-corrected chi connectivity index (χ0v) is 89.5. The molecule has 2 aromatic carbocycles. The zero-order valence-electron chi connectivity index (χ0n) is 86.3. The second kappa shape index (κ2) is 62.9. The number of likely N-dealkylation sites (N-methyl/N-ethyl adjacent to an activating group) is 2. The van der Waals surface area contributed by atoms with Gasteiger partial charge >= 0.3 is 23.9 Å². The first kappa shape index (κ1) is 121. The second-order valence-corrected chi connectivity index (χ2v) is 43.1. The summed E-state index contributed by atoms with van der Waals surface area (Å²) in [5.74, 6) is -9.25. The predicted molar refractivity (Wildman–Crippen MR) is 545 cm³/mol. The molecule has 2 aromatic heterocycles. The molecule has 143 heavy (non-hydrogen) atoms. The Morgan fingerprint density at radius 3 is 1.16 bits per heavy atom. The van der Waals surface area contributed by atoms with Gasteiger partial charge in [-0.05, 0) is 125 Å². The van der Waals surface area contributed by atoms with Gasteiger partial charge in [-0.25, -0.2) is 9.97 Å². The van der Waals surface area contributed by atoms with Crippen LogP contribution in [-0.2, 0) is 121 Å². The van der Waals surface area contributed by atoms with Crippen LogP contribution in [0.15, 0.2) is 47.2 Å². The number of thiazole rings is 2. The Morgan fingerprint density at radius 1 is 0.483 bits per heavy atom. The third-order valence-electron chi connectivity index (χ3n) is 27.0. The molecule has 4 aromatic rings. The van der Waals surface area contributed by atoms with Crippen molar-refractivity contribution in [3.05, 3.63) is 90.8 Å². The SMILES string of the molecule is CC[C@H](C)[C@H](CC(=O)[C@H]1CCCCN1C)C(=O)N(C)[C@H](C[C@@H](OC(C)=O)c1nc(C(=O)N[C@@H](Cc2ccc(O)c(CC(=O)CCOCCOCCOCCNC(=O)C3SCSC3C(=O)NCCOCCOCCOCCC(=O)Cc3cc(C[C@@H](CC(C)C(=O)O)NC(=O)c4csc([C@@H](C[C@H](C(C)C)N(C)C(=O)[C@@H](CC(=O)[C@H]5CCCCN5C)[C@@H](C)CC)OC(C)=O)n4)ccc3O)c2)CC(C)C(=O)O)cs1)C(C)C. The fourth-order valence-electron chi connectivity index (χ4n) is 18.1. The summed E-state index contributed by atoms with van der Waals surface area (Å²) in [6.45, 7) is 25.8. The van der Waals surface area contributed by atoms with E-state index in [0.717, 1.165) is 74.3 Å². The number of carboxylic acid groups (broad SMARTS) is 2. The largest absolute Gasteiger partial charge is 0.508 e. The molecule has 40 heteroatoms. The first-order valence-electron chi connectivity index (χ1n) is 50.3. The van der Waals surface area contributed by atoms with E-state index in [4.69, 9.17) is 37.9 Å². The number of carbonyl (C=O) groups excluding carboxylic acids is 12. The summed E-state index contributed by atoms with van der Waals surface area (Å²) in [6.07, 6.45) is 5.66. The third kappa shape index (κ3) is 40.7. The van der Waals surface area contributed by atoms with Crippen LogP contribution in [0.4, 0.5) is 0 Å². The molecule has 0 radical (unpaired) electrons. The summed E-state index contributed by atoms with van der Waals surface area (Å²) in [4.78, 5) is 204. The predicted octanol–water partition coefficient (Wildman–Crippen LogP) is 11.3. The molecule has 3 fully saturated rings. The molecule has 0 aliphatic carbocycles. The van der Waals surface area contributed by atoms with Crippen LogP contribution in [-0.4, -0.2) is 318 Å². The number of hydrogen-bond acceptors (Lipinski definition) is 32. The van der Waals surface area contributed by atoms with Crippen molar-refractivity contribution in [3.8, 4) is 11.5 Å². The minimum Gasteiger partial charge on any atom is -0.508 e. The number of carboxylic acids is 2. The molecule has 3 saturated heterocycles. The summed E-state index contributed by atoms with van der Waals surface area (Å²) < 4.78 is 45.6. The molecular weight excluding hydrogens is 1920 g/mol. The normalized spacial score (nSPS) is 18.3. The van der Waals surface area contributed by atoms with E-state index >= 15 is 0 Å². The van der Waals surface area contributed by atoms with Gasteiger partial charge in [0.15, 0.2) is 23.8 Å². The molecule has 798 valence electrons. The summed E-state index contributed by atoms with van der Waals surface area (Å²) in [7, 11) is 7.35. The number of phenolic OH excluding ortho intramolecular Hbond substituents is 2. The average molecular weight is 2080 g/mol. The molecule has 3 aliphatic heterocycles. The van der Waals surface area contributed by atoms with Crippen LogP contribution < -0.4 is 21.3 Å². The van der Waals surface area contributed by atoms with E-state index in [9.17, 15) is 87.5 Å². The van der Waals surface area contributed by atoms with Crippen LogP contribution in [0.1, 0.15) is 251 Å². The quantitative estimate of drug-likeness (QED) is 0.0150. The summed E-state index contributed by atoms with van der Waals surface area (Å²) in [5, 5.41) is 56.2. The molecule has 3 aliphatic rings.